The summed E-state index contributed by atoms with van der Waals surface area (Å²) in [5.74, 6) is -0.517. The van der Waals surface area contributed by atoms with E-state index in [1.807, 2.05) is 64.3 Å². The van der Waals surface area contributed by atoms with Crippen LogP contribution in [0.3, 0.4) is 0 Å². The van der Waals surface area contributed by atoms with Crippen molar-refractivity contribution in [3.05, 3.63) is 35.9 Å². The van der Waals surface area contributed by atoms with Gasteiger partial charge in [-0.05, 0) is 62.0 Å². The molecule has 1 rings (SSSR count). The lowest BCUT2D eigenvalue weighted by Gasteiger charge is -2.30. The first-order valence-electron chi connectivity index (χ1n) is 14.8. The van der Waals surface area contributed by atoms with Crippen LogP contribution in [0.2, 0.25) is 0 Å². The molecule has 41 heavy (non-hydrogen) atoms. The topological polar surface area (TPSA) is 137 Å². The molecular weight excluding hydrogens is 540 g/mol. The van der Waals surface area contributed by atoms with E-state index in [1.165, 1.54) is 6.92 Å². The molecule has 0 spiro atoms. The maximum Gasteiger partial charge on any atom is 0.242 e. The third-order valence-corrected chi connectivity index (χ3v) is 7.97. The van der Waals surface area contributed by atoms with Crippen molar-refractivity contribution in [1.29, 1.82) is 0 Å². The van der Waals surface area contributed by atoms with Gasteiger partial charge in [-0.25, -0.2) is 0 Å². The molecule has 6 atom stereocenters. The molecule has 0 aliphatic carbocycles. The van der Waals surface area contributed by atoms with Crippen LogP contribution in [-0.4, -0.2) is 65.0 Å². The zero-order valence-corrected chi connectivity index (χ0v) is 26.7. The fourth-order valence-corrected chi connectivity index (χ4v) is 5.16. The molecule has 232 valence electrons. The van der Waals surface area contributed by atoms with E-state index in [1.54, 1.807) is 18.7 Å². The highest BCUT2D eigenvalue weighted by molar-refractivity contribution is 7.98. The number of benzene rings is 1. The van der Waals surface area contributed by atoms with Gasteiger partial charge in [-0.15, -0.1) is 0 Å². The summed E-state index contributed by atoms with van der Waals surface area (Å²) < 4.78 is 0. The van der Waals surface area contributed by atoms with Gasteiger partial charge in [0.25, 0.3) is 0 Å². The fraction of sp³-hybridized carbons (Fsp3) is 0.677. The van der Waals surface area contributed by atoms with Crippen molar-refractivity contribution >= 4 is 35.4 Å². The summed E-state index contributed by atoms with van der Waals surface area (Å²) in [6.07, 6.45) is 3.60. The number of rotatable bonds is 19. The van der Waals surface area contributed by atoms with Gasteiger partial charge in [0, 0.05) is 19.4 Å². The molecule has 0 aliphatic rings. The molecule has 5 N–H and O–H groups in total. The number of hydrogen-bond acceptors (Lipinski definition) is 6. The van der Waals surface area contributed by atoms with Gasteiger partial charge in [-0.2, -0.15) is 11.8 Å². The molecular formula is C31H52N4O5S. The summed E-state index contributed by atoms with van der Waals surface area (Å²) in [6, 6.07) is 7.67. The molecule has 0 aromatic heterocycles. The number of aliphatic hydroxyl groups is 1. The first kappa shape index (κ1) is 36.4. The second kappa shape index (κ2) is 19.5. The lowest BCUT2D eigenvalue weighted by molar-refractivity contribution is -0.132. The quantitative estimate of drug-likeness (QED) is 0.167. The normalized spacial score (nSPS) is 15.6. The molecule has 0 heterocycles. The minimum atomic E-state index is -0.870. The van der Waals surface area contributed by atoms with Gasteiger partial charge in [0.2, 0.25) is 23.6 Å². The van der Waals surface area contributed by atoms with E-state index in [-0.39, 0.29) is 35.5 Å². The number of carbonyl (C=O) groups excluding carboxylic acids is 4. The number of thioether (sulfide) groups is 1. The number of carbonyl (C=O) groups is 4. The highest BCUT2D eigenvalue weighted by atomic mass is 32.2. The van der Waals surface area contributed by atoms with Crippen molar-refractivity contribution in [1.82, 2.24) is 21.3 Å². The van der Waals surface area contributed by atoms with Crippen LogP contribution in [0.15, 0.2) is 30.3 Å². The number of hydrogen-bond donors (Lipinski definition) is 5. The van der Waals surface area contributed by atoms with E-state index >= 15 is 0 Å². The first-order chi connectivity index (χ1) is 19.4. The molecule has 2 unspecified atom stereocenters. The van der Waals surface area contributed by atoms with Gasteiger partial charge in [0.05, 0.1) is 12.1 Å². The summed E-state index contributed by atoms with van der Waals surface area (Å²) >= 11 is 1.59. The molecule has 10 heteroatoms. The zero-order valence-electron chi connectivity index (χ0n) is 25.9. The van der Waals surface area contributed by atoms with E-state index in [4.69, 9.17) is 0 Å². The van der Waals surface area contributed by atoms with Crippen LogP contribution in [0.1, 0.15) is 79.2 Å². The van der Waals surface area contributed by atoms with Crippen molar-refractivity contribution in [3.8, 4) is 0 Å². The highest BCUT2D eigenvalue weighted by Crippen LogP contribution is 2.24. The maximum absolute atomic E-state index is 13.3. The van der Waals surface area contributed by atoms with Crippen LogP contribution >= 0.6 is 11.8 Å². The monoisotopic (exact) mass is 592 g/mol. The first-order valence-corrected chi connectivity index (χ1v) is 16.1. The van der Waals surface area contributed by atoms with Crippen molar-refractivity contribution in [2.45, 2.75) is 104 Å². The third kappa shape index (κ3) is 14.2. The molecule has 0 bridgehead atoms. The molecule has 0 aliphatic heterocycles. The predicted molar refractivity (Wildman–Crippen MR) is 166 cm³/mol. The number of aliphatic hydroxyl groups excluding tert-OH is 1. The Balaban J connectivity index is 2.84. The fourth-order valence-electron chi connectivity index (χ4n) is 4.69. The summed E-state index contributed by atoms with van der Waals surface area (Å²) in [7, 11) is 0. The second-order valence-electron chi connectivity index (χ2n) is 11.3. The Morgan fingerprint density at radius 2 is 1.54 bits per heavy atom. The minimum Gasteiger partial charge on any atom is -0.391 e. The van der Waals surface area contributed by atoms with Crippen LogP contribution < -0.4 is 21.3 Å². The Hall–Kier alpha value is -2.59. The van der Waals surface area contributed by atoms with Gasteiger partial charge < -0.3 is 26.4 Å². The predicted octanol–water partition coefficient (Wildman–Crippen LogP) is 3.40. The van der Waals surface area contributed by atoms with Gasteiger partial charge >= 0.3 is 0 Å². The third-order valence-electron chi connectivity index (χ3n) is 7.32. The van der Waals surface area contributed by atoms with E-state index < -0.39 is 30.1 Å². The van der Waals surface area contributed by atoms with Crippen LogP contribution in [0, 0.1) is 17.8 Å². The van der Waals surface area contributed by atoms with Crippen molar-refractivity contribution in [3.63, 3.8) is 0 Å². The second-order valence-corrected chi connectivity index (χ2v) is 12.3. The average molecular weight is 593 g/mol. The van der Waals surface area contributed by atoms with E-state index in [9.17, 15) is 24.3 Å². The van der Waals surface area contributed by atoms with Gasteiger partial charge in [-0.1, -0.05) is 64.4 Å². The highest BCUT2D eigenvalue weighted by Gasteiger charge is 2.31. The Morgan fingerprint density at radius 3 is 2.10 bits per heavy atom. The van der Waals surface area contributed by atoms with Gasteiger partial charge in [-0.3, -0.25) is 19.2 Å². The van der Waals surface area contributed by atoms with E-state index in [0.29, 0.717) is 38.0 Å². The van der Waals surface area contributed by atoms with E-state index in [2.05, 4.69) is 21.3 Å². The van der Waals surface area contributed by atoms with Gasteiger partial charge in [0.1, 0.15) is 12.1 Å². The molecule has 9 nitrogen and oxygen atoms in total. The summed E-state index contributed by atoms with van der Waals surface area (Å²) in [4.78, 5) is 50.6. The Bertz CT molecular complexity index is 946. The largest absolute Gasteiger partial charge is 0.391 e. The lowest BCUT2D eigenvalue weighted by Crippen LogP contribution is -2.53. The molecule has 0 saturated heterocycles. The SMILES string of the molecule is CCC(C)C(CC[C@H](O)[C@H](CC(C)C)NC(=O)[C@H](CCSC)NC(C)=O)C(=O)N[C@@H](C)C(=O)NCc1ccccc1. The molecule has 1 aromatic rings. The van der Waals surface area contributed by atoms with Crippen LogP contribution in [0.25, 0.3) is 0 Å². The Morgan fingerprint density at radius 1 is 0.878 bits per heavy atom. The van der Waals surface area contributed by atoms with Crippen LogP contribution in [0.4, 0.5) is 0 Å². The maximum atomic E-state index is 13.3. The molecule has 1 aromatic carbocycles. The lowest BCUT2D eigenvalue weighted by atomic mass is 9.84. The number of amides is 4. The standard InChI is InChI=1S/C31H52N4O5S/c1-8-21(4)25(30(39)33-22(5)29(38)32-19-24-12-10-9-11-13-24)14-15-28(37)27(18-20(2)3)35-31(40)26(16-17-41-7)34-23(6)36/h9-13,20-22,25-28,37H,8,14-19H2,1-7H3,(H,32,38)(H,33,39)(H,34,36)(H,35,40)/t21?,22-,25?,26-,27-,28-/m0/s1. The summed E-state index contributed by atoms with van der Waals surface area (Å²) in [5, 5.41) is 22.6. The average Bonchev–Trinajstić information content (AvgIpc) is 2.93. The molecule has 4 amide bonds. The summed E-state index contributed by atoms with van der Waals surface area (Å²) in [6.45, 7) is 11.5. The minimum absolute atomic E-state index is 0.0376. The Labute approximate surface area is 250 Å². The smallest absolute Gasteiger partial charge is 0.242 e. The molecule has 0 radical (unpaired) electrons. The van der Waals surface area contributed by atoms with Crippen molar-refractivity contribution in [2.75, 3.05) is 12.0 Å². The van der Waals surface area contributed by atoms with Crippen LogP contribution in [-0.2, 0) is 25.7 Å². The van der Waals surface area contributed by atoms with Crippen molar-refractivity contribution in [2.24, 2.45) is 17.8 Å². The van der Waals surface area contributed by atoms with E-state index in [0.717, 1.165) is 12.0 Å². The van der Waals surface area contributed by atoms with Crippen molar-refractivity contribution < 1.29 is 24.3 Å². The zero-order chi connectivity index (χ0) is 30.9. The molecule has 0 fully saturated rings. The Kier molecular flexibility index (Phi) is 17.3. The molecule has 0 saturated carbocycles. The number of nitrogens with one attached hydrogen (secondary N) is 4. The van der Waals surface area contributed by atoms with Gasteiger partial charge in [0.15, 0.2) is 0 Å². The summed E-state index contributed by atoms with van der Waals surface area (Å²) in [5.41, 5.74) is 0.974. The van der Waals surface area contributed by atoms with Crippen LogP contribution in [0.5, 0.6) is 0 Å².